The first-order chi connectivity index (χ1) is 16.3. The minimum atomic E-state index is -0.822. The van der Waals surface area contributed by atoms with Gasteiger partial charge in [-0.1, -0.05) is 6.07 Å². The molecule has 0 radical (unpaired) electrons. The summed E-state index contributed by atoms with van der Waals surface area (Å²) in [6, 6.07) is 5.39. The first-order valence-corrected chi connectivity index (χ1v) is 12.1. The minimum absolute atomic E-state index is 0.227. The van der Waals surface area contributed by atoms with Gasteiger partial charge in [0.25, 0.3) is 0 Å². The van der Waals surface area contributed by atoms with E-state index in [1.54, 1.807) is 11.6 Å². The Balaban J connectivity index is 1.28. The smallest absolute Gasteiger partial charge is 0.407 e. The second-order valence-electron chi connectivity index (χ2n) is 9.88. The number of rotatable bonds is 4. The number of imidazole rings is 1. The summed E-state index contributed by atoms with van der Waals surface area (Å²) in [5.41, 5.74) is 2.46. The van der Waals surface area contributed by atoms with Gasteiger partial charge in [-0.2, -0.15) is 0 Å². The summed E-state index contributed by atoms with van der Waals surface area (Å²) in [5, 5.41) is 11.5. The van der Waals surface area contributed by atoms with Gasteiger partial charge >= 0.3 is 11.8 Å². The number of imide groups is 1. The third kappa shape index (κ3) is 4.11. The van der Waals surface area contributed by atoms with Crippen molar-refractivity contribution in [2.75, 3.05) is 32.7 Å². The Morgan fingerprint density at radius 3 is 2.50 bits per heavy atom. The molecule has 0 bridgehead atoms. The number of amides is 3. The van der Waals surface area contributed by atoms with Crippen LogP contribution in [-0.4, -0.2) is 74.7 Å². The third-order valence-corrected chi connectivity index (χ3v) is 7.77. The van der Waals surface area contributed by atoms with E-state index >= 15 is 0 Å². The van der Waals surface area contributed by atoms with Crippen LogP contribution in [0, 0.1) is 5.92 Å². The lowest BCUT2D eigenvalue weighted by molar-refractivity contribution is -0.135. The normalized spacial score (nSPS) is 24.7. The highest BCUT2D eigenvalue weighted by Gasteiger charge is 2.32. The van der Waals surface area contributed by atoms with E-state index in [4.69, 9.17) is 5.11 Å². The van der Waals surface area contributed by atoms with Crippen molar-refractivity contribution in [2.24, 2.45) is 13.0 Å². The number of likely N-dealkylation sites (tertiary alicyclic amines) is 2. The maximum absolute atomic E-state index is 13.0. The van der Waals surface area contributed by atoms with Gasteiger partial charge < -0.3 is 14.9 Å². The number of carboxylic acid groups (broad SMARTS) is 1. The van der Waals surface area contributed by atoms with Crippen molar-refractivity contribution in [3.63, 3.8) is 0 Å². The number of nitrogens with one attached hydrogen (secondary N) is 1. The highest BCUT2D eigenvalue weighted by molar-refractivity contribution is 6.00. The SMILES string of the molecule is Cn1c(=O)n(C2CCC(=O)NC2=O)c2ccc(C3CCN(C[C@H]4CCN(C(=O)O)C4)CC3)cc21. The van der Waals surface area contributed by atoms with Crippen LogP contribution in [0.25, 0.3) is 11.0 Å². The summed E-state index contributed by atoms with van der Waals surface area (Å²) in [5.74, 6) is 0.0886. The summed E-state index contributed by atoms with van der Waals surface area (Å²) >= 11 is 0. The largest absolute Gasteiger partial charge is 0.465 e. The molecule has 5 rings (SSSR count). The van der Waals surface area contributed by atoms with Crippen molar-refractivity contribution in [3.8, 4) is 0 Å². The molecule has 182 valence electrons. The molecule has 1 aromatic carbocycles. The molecule has 0 saturated carbocycles. The monoisotopic (exact) mass is 469 g/mol. The molecule has 10 heteroatoms. The van der Waals surface area contributed by atoms with Crippen LogP contribution in [0.1, 0.15) is 49.6 Å². The number of aryl methyl sites for hydroxylation is 1. The van der Waals surface area contributed by atoms with Gasteiger partial charge in [-0.05, 0) is 68.3 Å². The van der Waals surface area contributed by atoms with Crippen LogP contribution in [0.4, 0.5) is 4.79 Å². The van der Waals surface area contributed by atoms with Crippen LogP contribution in [0.2, 0.25) is 0 Å². The summed E-state index contributed by atoms with van der Waals surface area (Å²) in [7, 11) is 1.72. The van der Waals surface area contributed by atoms with E-state index in [2.05, 4.69) is 22.3 Å². The van der Waals surface area contributed by atoms with Crippen molar-refractivity contribution < 1.29 is 19.5 Å². The number of hydrogen-bond donors (Lipinski definition) is 2. The fraction of sp³-hybridized carbons (Fsp3) is 0.583. The van der Waals surface area contributed by atoms with Gasteiger partial charge in [-0.3, -0.25) is 24.0 Å². The number of aromatic nitrogens is 2. The molecule has 1 aromatic heterocycles. The summed E-state index contributed by atoms with van der Waals surface area (Å²) < 4.78 is 3.11. The molecular weight excluding hydrogens is 438 g/mol. The third-order valence-electron chi connectivity index (χ3n) is 7.77. The van der Waals surface area contributed by atoms with Crippen molar-refractivity contribution in [2.45, 2.75) is 44.1 Å². The maximum atomic E-state index is 13.0. The number of carbonyl (C=O) groups is 3. The van der Waals surface area contributed by atoms with E-state index in [1.807, 2.05) is 6.07 Å². The maximum Gasteiger partial charge on any atom is 0.407 e. The van der Waals surface area contributed by atoms with Gasteiger partial charge in [0.05, 0.1) is 11.0 Å². The molecule has 34 heavy (non-hydrogen) atoms. The molecule has 3 amide bonds. The number of carbonyl (C=O) groups excluding carboxylic acids is 2. The Morgan fingerprint density at radius 2 is 1.82 bits per heavy atom. The predicted octanol–water partition coefficient (Wildman–Crippen LogP) is 1.50. The lowest BCUT2D eigenvalue weighted by Gasteiger charge is -2.33. The lowest BCUT2D eigenvalue weighted by Crippen LogP contribution is -2.44. The summed E-state index contributed by atoms with van der Waals surface area (Å²) in [4.78, 5) is 52.0. The second kappa shape index (κ2) is 8.90. The molecule has 1 unspecified atom stereocenters. The van der Waals surface area contributed by atoms with Crippen LogP contribution in [0.3, 0.4) is 0 Å². The number of piperidine rings is 2. The molecule has 3 saturated heterocycles. The lowest BCUT2D eigenvalue weighted by atomic mass is 9.88. The Morgan fingerprint density at radius 1 is 1.06 bits per heavy atom. The zero-order chi connectivity index (χ0) is 24.0. The van der Waals surface area contributed by atoms with E-state index < -0.39 is 18.0 Å². The Labute approximate surface area is 197 Å². The van der Waals surface area contributed by atoms with Crippen LogP contribution in [0.5, 0.6) is 0 Å². The van der Waals surface area contributed by atoms with Gasteiger partial charge in [0.2, 0.25) is 11.8 Å². The van der Waals surface area contributed by atoms with E-state index in [-0.39, 0.29) is 18.0 Å². The van der Waals surface area contributed by atoms with Crippen LogP contribution in [0.15, 0.2) is 23.0 Å². The molecule has 4 heterocycles. The number of fused-ring (bicyclic) bond motifs is 1. The van der Waals surface area contributed by atoms with E-state index in [9.17, 15) is 19.2 Å². The Hall–Kier alpha value is -3.14. The van der Waals surface area contributed by atoms with Gasteiger partial charge in [0.15, 0.2) is 0 Å². The van der Waals surface area contributed by atoms with Gasteiger partial charge in [-0.25, -0.2) is 9.59 Å². The summed E-state index contributed by atoms with van der Waals surface area (Å²) in [6.07, 6.45) is 2.70. The number of benzene rings is 1. The quantitative estimate of drug-likeness (QED) is 0.656. The Bertz CT molecular complexity index is 1190. The fourth-order valence-corrected chi connectivity index (χ4v) is 5.83. The molecule has 2 atom stereocenters. The molecule has 3 aliphatic heterocycles. The van der Waals surface area contributed by atoms with Crippen LogP contribution < -0.4 is 11.0 Å². The predicted molar refractivity (Wildman–Crippen MR) is 125 cm³/mol. The highest BCUT2D eigenvalue weighted by Crippen LogP contribution is 2.32. The zero-order valence-electron chi connectivity index (χ0n) is 19.4. The van der Waals surface area contributed by atoms with E-state index in [1.165, 1.54) is 15.0 Å². The number of nitrogens with zero attached hydrogens (tertiary/aromatic N) is 4. The number of hydrogen-bond acceptors (Lipinski definition) is 5. The molecule has 0 spiro atoms. The van der Waals surface area contributed by atoms with Crippen molar-refractivity contribution in [1.82, 2.24) is 24.3 Å². The minimum Gasteiger partial charge on any atom is -0.465 e. The molecule has 10 nitrogen and oxygen atoms in total. The van der Waals surface area contributed by atoms with E-state index in [0.29, 0.717) is 36.9 Å². The van der Waals surface area contributed by atoms with Crippen molar-refractivity contribution in [1.29, 1.82) is 0 Å². The van der Waals surface area contributed by atoms with Gasteiger partial charge in [0, 0.05) is 33.1 Å². The van der Waals surface area contributed by atoms with Crippen LogP contribution in [-0.2, 0) is 16.6 Å². The molecule has 2 N–H and O–H groups in total. The fourth-order valence-electron chi connectivity index (χ4n) is 5.83. The first kappa shape index (κ1) is 22.6. The second-order valence-corrected chi connectivity index (χ2v) is 9.88. The molecule has 0 aliphatic carbocycles. The zero-order valence-corrected chi connectivity index (χ0v) is 19.4. The average molecular weight is 470 g/mol. The van der Waals surface area contributed by atoms with Crippen molar-refractivity contribution in [3.05, 3.63) is 34.2 Å². The highest BCUT2D eigenvalue weighted by atomic mass is 16.4. The van der Waals surface area contributed by atoms with Gasteiger partial charge in [0.1, 0.15) is 6.04 Å². The van der Waals surface area contributed by atoms with Crippen LogP contribution >= 0.6 is 0 Å². The molecule has 2 aromatic rings. The molecular formula is C24H31N5O5. The molecule has 3 aliphatic rings. The van der Waals surface area contributed by atoms with Gasteiger partial charge in [-0.15, -0.1) is 0 Å². The average Bonchev–Trinajstić information content (AvgIpc) is 3.38. The molecule has 3 fully saturated rings. The topological polar surface area (TPSA) is 117 Å². The standard InChI is InChI=1S/C24H31N5O5/c1-26-20-12-17(2-3-18(20)29(23(26)32)19-4-5-21(30)25-22(19)31)16-7-9-27(10-8-16)13-15-6-11-28(14-15)24(33)34/h2-3,12,15-16,19H,4-11,13-14H2,1H3,(H,33,34)(H,25,30,31)/t15-,19?/m1/s1. The van der Waals surface area contributed by atoms with Crippen molar-refractivity contribution >= 4 is 28.9 Å². The first-order valence-electron chi connectivity index (χ1n) is 12.1. The summed E-state index contributed by atoms with van der Waals surface area (Å²) in [6.45, 7) is 4.15. The van der Waals surface area contributed by atoms with E-state index in [0.717, 1.165) is 44.4 Å². The Kier molecular flexibility index (Phi) is 5.93.